The second-order valence-electron chi connectivity index (χ2n) is 10.8. The average Bonchev–Trinajstić information content (AvgIpc) is 3.54. The first-order valence-corrected chi connectivity index (χ1v) is 14.0. The third-order valence-corrected chi connectivity index (χ3v) is 7.75. The summed E-state index contributed by atoms with van der Waals surface area (Å²) >= 11 is 0. The molecule has 4 aromatic carbocycles. The van der Waals surface area contributed by atoms with Gasteiger partial charge in [-0.05, 0) is 64.5 Å². The van der Waals surface area contributed by atoms with E-state index in [1.807, 2.05) is 67.8 Å². The van der Waals surface area contributed by atoms with Crippen LogP contribution >= 0.6 is 0 Å². The van der Waals surface area contributed by atoms with E-state index in [4.69, 9.17) is 0 Å². The van der Waals surface area contributed by atoms with Gasteiger partial charge in [-0.25, -0.2) is 0 Å². The Kier molecular flexibility index (Phi) is 7.60. The Bertz CT molecular complexity index is 2110. The first-order valence-electron chi connectivity index (χ1n) is 14.0. The first kappa shape index (κ1) is 27.8. The maximum Gasteiger partial charge on any atom is 0.0516 e. The van der Waals surface area contributed by atoms with Gasteiger partial charge < -0.3 is 14.4 Å². The number of aromatic nitrogens is 3. The zero-order valence-corrected chi connectivity index (χ0v) is 26.1. The van der Waals surface area contributed by atoms with Crippen molar-refractivity contribution in [3.8, 4) is 22.5 Å². The third kappa shape index (κ3) is 4.87. The normalized spacial score (nSPS) is 11.2. The number of hydrogen-bond acceptors (Lipinski definition) is 2. The van der Waals surface area contributed by atoms with Crippen molar-refractivity contribution in [2.45, 2.75) is 26.7 Å². The Morgan fingerprint density at radius 3 is 2.14 bits per heavy atom. The van der Waals surface area contributed by atoms with Crippen LogP contribution in [-0.2, 0) is 20.1 Å². The number of para-hydroxylation sites is 1. The maximum absolute atomic E-state index is 4.52. The summed E-state index contributed by atoms with van der Waals surface area (Å²) in [7, 11) is 0. The van der Waals surface area contributed by atoms with Crippen molar-refractivity contribution in [3.63, 3.8) is 0 Å². The van der Waals surface area contributed by atoms with Crippen LogP contribution in [0.15, 0.2) is 116 Å². The van der Waals surface area contributed by atoms with Gasteiger partial charge in [0.25, 0.3) is 0 Å². The SMILES string of the molecule is CC(C)c1cc2c3cc(-c4ccccn4)[c-]cc3n3c4ccccc4c(c1)c23.Cc1ccc(-c2[c-]cccc2)nc1.[Ir]. The van der Waals surface area contributed by atoms with E-state index in [1.165, 1.54) is 49.2 Å². The van der Waals surface area contributed by atoms with Gasteiger partial charge in [0.05, 0.1) is 5.52 Å². The molecule has 0 aliphatic heterocycles. The van der Waals surface area contributed by atoms with Crippen LogP contribution in [0.25, 0.3) is 60.6 Å². The van der Waals surface area contributed by atoms with Crippen LogP contribution in [0.5, 0.6) is 0 Å². The van der Waals surface area contributed by atoms with Crippen LogP contribution in [0.3, 0.4) is 0 Å². The Hall–Kier alpha value is -4.37. The first-order chi connectivity index (χ1) is 20.1. The Labute approximate surface area is 259 Å². The fraction of sp³-hybridized carbons (Fsp3) is 0.105. The smallest absolute Gasteiger partial charge is 0.0516 e. The molecule has 0 saturated carbocycles. The second-order valence-corrected chi connectivity index (χ2v) is 10.8. The van der Waals surface area contributed by atoms with Crippen molar-refractivity contribution in [1.29, 1.82) is 0 Å². The fourth-order valence-electron chi connectivity index (χ4n) is 5.64. The number of fused-ring (bicyclic) bond motifs is 6. The minimum absolute atomic E-state index is 0. The predicted molar refractivity (Wildman–Crippen MR) is 171 cm³/mol. The van der Waals surface area contributed by atoms with Crippen molar-refractivity contribution in [2.24, 2.45) is 0 Å². The van der Waals surface area contributed by atoms with Crippen molar-refractivity contribution >= 4 is 38.1 Å². The van der Waals surface area contributed by atoms with Gasteiger partial charge in [0.15, 0.2) is 0 Å². The van der Waals surface area contributed by atoms with Gasteiger partial charge in [-0.2, -0.15) is 0 Å². The molecule has 0 fully saturated rings. The predicted octanol–water partition coefficient (Wildman–Crippen LogP) is 9.68. The number of rotatable bonds is 3. The molecule has 4 aromatic heterocycles. The van der Waals surface area contributed by atoms with E-state index in [9.17, 15) is 0 Å². The number of pyridine rings is 2. The van der Waals surface area contributed by atoms with Gasteiger partial charge in [0, 0.05) is 48.8 Å². The monoisotopic (exact) mass is 720 g/mol. The summed E-state index contributed by atoms with van der Waals surface area (Å²) < 4.78 is 2.40. The number of nitrogens with zero attached hydrogens (tertiary/aromatic N) is 3. The Morgan fingerprint density at radius 2 is 1.43 bits per heavy atom. The standard InChI is InChI=1S/C26H19N2.C12H10N.Ir/c1-16(2)18-14-21-19-7-3-4-9-24(19)28-25-11-10-17(23-8-5-6-12-27-23)13-20(25)22(15-18)26(21)28;1-10-7-8-12(13-9-10)11-5-3-2-4-6-11;/h3-9,11-16H,1-2H3;2-5,7-9H,1H3;/q2*-1;. The summed E-state index contributed by atoms with van der Waals surface area (Å²) in [5, 5.41) is 5.25. The van der Waals surface area contributed by atoms with Crippen molar-refractivity contribution in [3.05, 3.63) is 139 Å². The average molecular weight is 720 g/mol. The fourth-order valence-corrected chi connectivity index (χ4v) is 5.64. The zero-order valence-electron chi connectivity index (χ0n) is 23.7. The van der Waals surface area contributed by atoms with Gasteiger partial charge in [-0.1, -0.05) is 67.8 Å². The third-order valence-electron chi connectivity index (χ3n) is 7.75. The molecule has 1 radical (unpaired) electrons. The van der Waals surface area contributed by atoms with E-state index >= 15 is 0 Å². The zero-order chi connectivity index (χ0) is 27.9. The molecule has 0 saturated heterocycles. The summed E-state index contributed by atoms with van der Waals surface area (Å²) in [4.78, 5) is 8.84. The van der Waals surface area contributed by atoms with E-state index in [2.05, 4.69) is 94.9 Å². The summed E-state index contributed by atoms with van der Waals surface area (Å²) in [6, 6.07) is 42.4. The van der Waals surface area contributed by atoms with Gasteiger partial charge in [-0.3, -0.25) is 0 Å². The molecule has 0 aliphatic carbocycles. The number of benzene rings is 4. The minimum Gasteiger partial charge on any atom is -0.350 e. The van der Waals surface area contributed by atoms with Crippen LogP contribution in [0.2, 0.25) is 0 Å². The molecular formula is C38H29IrN3-2. The van der Waals surface area contributed by atoms with E-state index in [0.717, 1.165) is 22.5 Å². The van der Waals surface area contributed by atoms with E-state index in [0.29, 0.717) is 5.92 Å². The van der Waals surface area contributed by atoms with Gasteiger partial charge >= 0.3 is 0 Å². The largest absolute Gasteiger partial charge is 0.350 e. The second kappa shape index (κ2) is 11.5. The molecule has 4 heterocycles. The molecule has 207 valence electrons. The van der Waals surface area contributed by atoms with Crippen molar-refractivity contribution < 1.29 is 20.1 Å². The molecule has 0 bridgehead atoms. The van der Waals surface area contributed by atoms with Crippen LogP contribution in [0.1, 0.15) is 30.9 Å². The molecule has 42 heavy (non-hydrogen) atoms. The van der Waals surface area contributed by atoms with E-state index in [1.54, 1.807) is 0 Å². The van der Waals surface area contributed by atoms with Crippen molar-refractivity contribution in [1.82, 2.24) is 14.4 Å². The molecule has 0 unspecified atom stereocenters. The topological polar surface area (TPSA) is 30.2 Å². The van der Waals surface area contributed by atoms with Gasteiger partial charge in [-0.15, -0.1) is 59.7 Å². The summed E-state index contributed by atoms with van der Waals surface area (Å²) in [5.41, 5.74) is 10.4. The summed E-state index contributed by atoms with van der Waals surface area (Å²) in [6.07, 6.45) is 3.71. The number of aryl methyl sites for hydroxylation is 1. The van der Waals surface area contributed by atoms with Crippen LogP contribution < -0.4 is 0 Å². The maximum atomic E-state index is 4.52. The molecule has 8 aromatic rings. The molecular weight excluding hydrogens is 691 g/mol. The van der Waals surface area contributed by atoms with Crippen LogP contribution in [-0.4, -0.2) is 14.4 Å². The molecule has 0 aliphatic rings. The number of hydrogen-bond donors (Lipinski definition) is 0. The molecule has 4 heteroatoms. The molecule has 3 nitrogen and oxygen atoms in total. The van der Waals surface area contributed by atoms with E-state index in [-0.39, 0.29) is 20.1 Å². The van der Waals surface area contributed by atoms with Gasteiger partial charge in [0.1, 0.15) is 0 Å². The van der Waals surface area contributed by atoms with Gasteiger partial charge in [0.2, 0.25) is 0 Å². The molecule has 8 rings (SSSR count). The Balaban J connectivity index is 0.000000191. The Morgan fingerprint density at radius 1 is 0.667 bits per heavy atom. The van der Waals surface area contributed by atoms with Crippen molar-refractivity contribution in [2.75, 3.05) is 0 Å². The minimum atomic E-state index is 0. The molecule has 0 atom stereocenters. The van der Waals surface area contributed by atoms with E-state index < -0.39 is 0 Å². The quantitative estimate of drug-likeness (QED) is 0.170. The summed E-state index contributed by atoms with van der Waals surface area (Å²) in [6.45, 7) is 6.56. The van der Waals surface area contributed by atoms with Crippen LogP contribution in [0.4, 0.5) is 0 Å². The summed E-state index contributed by atoms with van der Waals surface area (Å²) in [5.74, 6) is 0.484. The molecule has 0 N–H and O–H groups in total. The molecule has 0 amide bonds. The molecule has 0 spiro atoms. The van der Waals surface area contributed by atoms with Crippen LogP contribution in [0, 0.1) is 19.1 Å².